The van der Waals surface area contributed by atoms with Crippen LogP contribution in [0.15, 0.2) is 10.5 Å². The molecular weight excluding hydrogens is 184 g/mol. The van der Waals surface area contributed by atoms with Gasteiger partial charge in [0.25, 0.3) is 0 Å². The molecule has 0 unspecified atom stereocenters. The van der Waals surface area contributed by atoms with Crippen LogP contribution in [0.25, 0.3) is 0 Å². The van der Waals surface area contributed by atoms with Crippen LogP contribution < -0.4 is 0 Å². The van der Waals surface area contributed by atoms with Crippen LogP contribution in [0.4, 0.5) is 0 Å². The van der Waals surface area contributed by atoms with Crippen LogP contribution in [0.3, 0.4) is 0 Å². The molecule has 14 heavy (non-hydrogen) atoms. The van der Waals surface area contributed by atoms with Gasteiger partial charge in [-0.2, -0.15) is 0 Å². The first-order chi connectivity index (χ1) is 6.75. The monoisotopic (exact) mass is 196 g/mol. The second-order valence-electron chi connectivity index (χ2n) is 3.34. The third-order valence-corrected chi connectivity index (χ3v) is 2.26. The number of carbonyl (C=O) groups is 1. The zero-order chi connectivity index (χ0) is 9.97. The van der Waals surface area contributed by atoms with E-state index >= 15 is 0 Å². The minimum atomic E-state index is -0.856. The fourth-order valence-corrected chi connectivity index (χ4v) is 1.64. The van der Waals surface area contributed by atoms with Gasteiger partial charge in [0, 0.05) is 6.42 Å². The molecule has 0 spiro atoms. The van der Waals surface area contributed by atoms with Crippen molar-refractivity contribution in [2.45, 2.75) is 19.3 Å². The minimum Gasteiger partial charge on any atom is -0.481 e. The largest absolute Gasteiger partial charge is 0.481 e. The van der Waals surface area contributed by atoms with Gasteiger partial charge in [0.1, 0.15) is 17.9 Å². The van der Waals surface area contributed by atoms with E-state index < -0.39 is 5.97 Å². The number of rotatable bonds is 2. The third-order valence-electron chi connectivity index (χ3n) is 2.26. The average Bonchev–Trinajstić information content (AvgIpc) is 2.34. The molecule has 1 aliphatic heterocycles. The van der Waals surface area contributed by atoms with Crippen molar-refractivity contribution in [1.82, 2.24) is 0 Å². The van der Waals surface area contributed by atoms with E-state index in [-0.39, 0.29) is 6.42 Å². The second kappa shape index (κ2) is 3.84. The molecule has 1 aromatic heterocycles. The van der Waals surface area contributed by atoms with Gasteiger partial charge in [-0.05, 0) is 18.1 Å². The van der Waals surface area contributed by atoms with Crippen molar-refractivity contribution in [2.75, 3.05) is 13.2 Å². The first-order valence-corrected chi connectivity index (χ1v) is 4.65. The standard InChI is InChI=1S/C10H12O4/c11-10(12)6-8-5-7-1-3-13-4-2-9(7)14-8/h5H,1-4,6H2,(H,11,12). The van der Waals surface area contributed by atoms with Crippen molar-refractivity contribution in [3.8, 4) is 0 Å². The molecule has 1 aromatic rings. The van der Waals surface area contributed by atoms with Crippen LogP contribution in [-0.2, 0) is 28.8 Å². The quantitative estimate of drug-likeness (QED) is 0.767. The van der Waals surface area contributed by atoms with Gasteiger partial charge in [-0.25, -0.2) is 0 Å². The van der Waals surface area contributed by atoms with E-state index in [9.17, 15) is 4.79 Å². The molecule has 0 saturated heterocycles. The molecule has 76 valence electrons. The van der Waals surface area contributed by atoms with Crippen molar-refractivity contribution in [1.29, 1.82) is 0 Å². The van der Waals surface area contributed by atoms with Gasteiger partial charge >= 0.3 is 5.97 Å². The number of ether oxygens (including phenoxy) is 1. The van der Waals surface area contributed by atoms with Crippen LogP contribution >= 0.6 is 0 Å². The van der Waals surface area contributed by atoms with Gasteiger partial charge in [0.15, 0.2) is 0 Å². The van der Waals surface area contributed by atoms with Crippen molar-refractivity contribution in [3.05, 3.63) is 23.2 Å². The van der Waals surface area contributed by atoms with E-state index in [1.807, 2.05) is 6.07 Å². The summed E-state index contributed by atoms with van der Waals surface area (Å²) >= 11 is 0. The lowest BCUT2D eigenvalue weighted by Crippen LogP contribution is -1.99. The Kier molecular flexibility index (Phi) is 2.54. The number of furan rings is 1. The van der Waals surface area contributed by atoms with E-state index in [0.29, 0.717) is 19.0 Å². The summed E-state index contributed by atoms with van der Waals surface area (Å²) in [7, 11) is 0. The molecule has 0 aromatic carbocycles. The number of aliphatic carboxylic acids is 1. The molecular formula is C10H12O4. The molecule has 0 aliphatic carbocycles. The Labute approximate surface area is 81.5 Å². The first-order valence-electron chi connectivity index (χ1n) is 4.65. The Hall–Kier alpha value is -1.29. The topological polar surface area (TPSA) is 59.7 Å². The SMILES string of the molecule is O=C(O)Cc1cc2c(o1)CCOCC2. The number of hydrogen-bond acceptors (Lipinski definition) is 3. The van der Waals surface area contributed by atoms with Gasteiger partial charge in [-0.15, -0.1) is 0 Å². The molecule has 0 saturated carbocycles. The zero-order valence-electron chi connectivity index (χ0n) is 7.78. The number of carboxylic acid groups (broad SMARTS) is 1. The van der Waals surface area contributed by atoms with Crippen LogP contribution in [-0.4, -0.2) is 24.3 Å². The summed E-state index contributed by atoms with van der Waals surface area (Å²) in [6.07, 6.45) is 1.53. The Morgan fingerprint density at radius 1 is 1.43 bits per heavy atom. The number of carboxylic acids is 1. The van der Waals surface area contributed by atoms with E-state index in [1.54, 1.807) is 0 Å². The molecule has 4 nitrogen and oxygen atoms in total. The maximum atomic E-state index is 10.5. The summed E-state index contributed by atoms with van der Waals surface area (Å²) in [5.74, 6) is 0.577. The Morgan fingerprint density at radius 3 is 3.00 bits per heavy atom. The normalized spacial score (nSPS) is 16.0. The van der Waals surface area contributed by atoms with Crippen molar-refractivity contribution in [2.24, 2.45) is 0 Å². The summed E-state index contributed by atoms with van der Waals surface area (Å²) < 4.78 is 10.7. The fourth-order valence-electron chi connectivity index (χ4n) is 1.64. The van der Waals surface area contributed by atoms with Crippen molar-refractivity contribution < 1.29 is 19.1 Å². The molecule has 2 rings (SSSR count). The zero-order valence-corrected chi connectivity index (χ0v) is 7.78. The van der Waals surface area contributed by atoms with Gasteiger partial charge in [0.2, 0.25) is 0 Å². The summed E-state index contributed by atoms with van der Waals surface area (Å²) in [5, 5.41) is 8.60. The van der Waals surface area contributed by atoms with E-state index in [2.05, 4.69) is 0 Å². The highest BCUT2D eigenvalue weighted by Crippen LogP contribution is 2.19. The Morgan fingerprint density at radius 2 is 2.21 bits per heavy atom. The van der Waals surface area contributed by atoms with Crippen LogP contribution in [0.1, 0.15) is 17.1 Å². The maximum absolute atomic E-state index is 10.5. The van der Waals surface area contributed by atoms with Gasteiger partial charge < -0.3 is 14.3 Å². The third kappa shape index (κ3) is 1.96. The van der Waals surface area contributed by atoms with Crippen molar-refractivity contribution >= 4 is 5.97 Å². The smallest absolute Gasteiger partial charge is 0.311 e. The van der Waals surface area contributed by atoms with Crippen LogP contribution in [0.5, 0.6) is 0 Å². The second-order valence-corrected chi connectivity index (χ2v) is 3.34. The lowest BCUT2D eigenvalue weighted by atomic mass is 10.1. The highest BCUT2D eigenvalue weighted by atomic mass is 16.5. The van der Waals surface area contributed by atoms with Gasteiger partial charge in [0.05, 0.1) is 13.2 Å². The predicted octanol–water partition coefficient (Wildman–Crippen LogP) is 1.02. The summed E-state index contributed by atoms with van der Waals surface area (Å²) in [6.45, 7) is 1.35. The predicted molar refractivity (Wildman–Crippen MR) is 48.3 cm³/mol. The van der Waals surface area contributed by atoms with E-state index in [1.165, 1.54) is 0 Å². The number of fused-ring (bicyclic) bond motifs is 1. The van der Waals surface area contributed by atoms with Crippen LogP contribution in [0, 0.1) is 0 Å². The molecule has 1 N–H and O–H groups in total. The van der Waals surface area contributed by atoms with E-state index in [4.69, 9.17) is 14.3 Å². The van der Waals surface area contributed by atoms with E-state index in [0.717, 1.165) is 24.2 Å². The Bertz CT molecular complexity index is 316. The lowest BCUT2D eigenvalue weighted by Gasteiger charge is -1.95. The lowest BCUT2D eigenvalue weighted by molar-refractivity contribution is -0.136. The molecule has 0 amide bonds. The Balaban J connectivity index is 2.18. The van der Waals surface area contributed by atoms with Gasteiger partial charge in [-0.1, -0.05) is 0 Å². The highest BCUT2D eigenvalue weighted by Gasteiger charge is 2.15. The molecule has 2 heterocycles. The summed E-state index contributed by atoms with van der Waals surface area (Å²) in [5.41, 5.74) is 1.10. The molecule has 0 bridgehead atoms. The molecule has 4 heteroatoms. The fraction of sp³-hybridized carbons (Fsp3) is 0.500. The first kappa shape index (κ1) is 9.27. The van der Waals surface area contributed by atoms with Crippen molar-refractivity contribution in [3.63, 3.8) is 0 Å². The highest BCUT2D eigenvalue weighted by molar-refractivity contribution is 5.69. The minimum absolute atomic E-state index is 0.0339. The molecule has 1 aliphatic rings. The molecule has 0 atom stereocenters. The molecule has 0 fully saturated rings. The summed E-state index contributed by atoms with van der Waals surface area (Å²) in [6, 6.07) is 1.83. The summed E-state index contributed by atoms with van der Waals surface area (Å²) in [4.78, 5) is 10.5. The maximum Gasteiger partial charge on any atom is 0.311 e. The van der Waals surface area contributed by atoms with Crippen LogP contribution in [0.2, 0.25) is 0 Å². The molecule has 0 radical (unpaired) electrons. The number of hydrogen-bond donors (Lipinski definition) is 1. The van der Waals surface area contributed by atoms with Gasteiger partial charge in [-0.3, -0.25) is 4.79 Å². The average molecular weight is 196 g/mol.